The van der Waals surface area contributed by atoms with E-state index in [-0.39, 0.29) is 17.8 Å². The Morgan fingerprint density at radius 1 is 1.15 bits per heavy atom. The number of hydrogen-bond donors (Lipinski definition) is 1. The molecule has 0 spiro atoms. The van der Waals surface area contributed by atoms with Crippen molar-refractivity contribution in [3.05, 3.63) is 70.5 Å². The van der Waals surface area contributed by atoms with E-state index in [4.69, 9.17) is 11.6 Å². The minimum atomic E-state index is -0.284. The van der Waals surface area contributed by atoms with Crippen LogP contribution >= 0.6 is 11.6 Å². The second-order valence-electron chi connectivity index (χ2n) is 4.64. The molecule has 0 aromatic heterocycles. The van der Waals surface area contributed by atoms with Crippen molar-refractivity contribution >= 4 is 17.5 Å². The van der Waals surface area contributed by atoms with Gasteiger partial charge in [-0.2, -0.15) is 0 Å². The molecule has 2 nitrogen and oxygen atoms in total. The minimum absolute atomic E-state index is 0.0795. The summed E-state index contributed by atoms with van der Waals surface area (Å²) >= 11 is 5.79. The Balaban J connectivity index is 1.93. The molecule has 20 heavy (non-hydrogen) atoms. The zero-order chi connectivity index (χ0) is 14.5. The second kappa shape index (κ2) is 6.53. The maximum atomic E-state index is 12.8. The van der Waals surface area contributed by atoms with Gasteiger partial charge in [0.15, 0.2) is 0 Å². The van der Waals surface area contributed by atoms with E-state index in [1.54, 1.807) is 24.3 Å². The quantitative estimate of drug-likeness (QED) is 0.909. The van der Waals surface area contributed by atoms with Gasteiger partial charge < -0.3 is 5.32 Å². The summed E-state index contributed by atoms with van der Waals surface area (Å²) in [5, 5.41) is 3.53. The van der Waals surface area contributed by atoms with Crippen LogP contribution in [0.15, 0.2) is 48.5 Å². The van der Waals surface area contributed by atoms with Crippen molar-refractivity contribution in [3.8, 4) is 0 Å². The summed E-state index contributed by atoms with van der Waals surface area (Å²) in [5.41, 5.74) is 1.77. The molecule has 0 aliphatic rings. The Hall–Kier alpha value is -1.87. The van der Waals surface area contributed by atoms with E-state index in [0.29, 0.717) is 11.4 Å². The minimum Gasteiger partial charge on any atom is -0.349 e. The summed E-state index contributed by atoms with van der Waals surface area (Å²) in [7, 11) is 0. The monoisotopic (exact) mass is 291 g/mol. The van der Waals surface area contributed by atoms with Crippen molar-refractivity contribution in [3.63, 3.8) is 0 Å². The van der Waals surface area contributed by atoms with Crippen molar-refractivity contribution in [1.29, 1.82) is 0 Å². The van der Waals surface area contributed by atoms with Crippen molar-refractivity contribution < 1.29 is 9.18 Å². The van der Waals surface area contributed by atoms with Gasteiger partial charge in [-0.05, 0) is 42.3 Å². The molecule has 0 aliphatic carbocycles. The number of halogens is 2. The van der Waals surface area contributed by atoms with Crippen molar-refractivity contribution in [1.82, 2.24) is 5.32 Å². The van der Waals surface area contributed by atoms with Crippen LogP contribution in [-0.4, -0.2) is 5.91 Å². The third-order valence-electron chi connectivity index (χ3n) is 3.03. The first-order valence-corrected chi connectivity index (χ1v) is 6.71. The lowest BCUT2D eigenvalue weighted by atomic mass is 10.1. The maximum Gasteiger partial charge on any atom is 0.224 e. The molecule has 2 aromatic carbocycles. The van der Waals surface area contributed by atoms with Gasteiger partial charge in [-0.25, -0.2) is 4.39 Å². The van der Waals surface area contributed by atoms with Crippen LogP contribution in [0.1, 0.15) is 24.1 Å². The van der Waals surface area contributed by atoms with E-state index in [0.717, 1.165) is 11.1 Å². The zero-order valence-electron chi connectivity index (χ0n) is 11.1. The molecule has 0 saturated carbocycles. The summed E-state index contributed by atoms with van der Waals surface area (Å²) in [6.45, 7) is 1.87. The highest BCUT2D eigenvalue weighted by atomic mass is 35.5. The molecule has 0 saturated heterocycles. The molecule has 0 fully saturated rings. The predicted octanol–water partition coefficient (Wildman–Crippen LogP) is 3.90. The fourth-order valence-electron chi connectivity index (χ4n) is 1.91. The van der Waals surface area contributed by atoms with Gasteiger partial charge in [-0.1, -0.05) is 35.9 Å². The fraction of sp³-hybridized carbons (Fsp3) is 0.188. The number of nitrogens with one attached hydrogen (secondary N) is 1. The van der Waals surface area contributed by atoms with E-state index in [1.165, 1.54) is 12.1 Å². The maximum absolute atomic E-state index is 12.8. The fourth-order valence-corrected chi connectivity index (χ4v) is 2.04. The first-order chi connectivity index (χ1) is 9.54. The number of carbonyl (C=O) groups is 1. The van der Waals surface area contributed by atoms with E-state index in [1.807, 2.05) is 19.1 Å². The molecule has 2 aromatic rings. The smallest absolute Gasteiger partial charge is 0.224 e. The molecule has 0 aliphatic heterocycles. The SMILES string of the molecule is C[C@H](NC(=O)Cc1ccc(Cl)cc1)c1ccc(F)cc1. The van der Waals surface area contributed by atoms with Crippen molar-refractivity contribution in [2.24, 2.45) is 0 Å². The third kappa shape index (κ3) is 4.07. The van der Waals surface area contributed by atoms with Crippen LogP contribution < -0.4 is 5.32 Å². The van der Waals surface area contributed by atoms with Crippen LogP contribution in [0.5, 0.6) is 0 Å². The van der Waals surface area contributed by atoms with Crippen LogP contribution in [0.4, 0.5) is 4.39 Å². The molecule has 0 bridgehead atoms. The third-order valence-corrected chi connectivity index (χ3v) is 3.28. The first-order valence-electron chi connectivity index (χ1n) is 6.34. The highest BCUT2D eigenvalue weighted by molar-refractivity contribution is 6.30. The Kier molecular flexibility index (Phi) is 4.74. The van der Waals surface area contributed by atoms with E-state index >= 15 is 0 Å². The lowest BCUT2D eigenvalue weighted by Crippen LogP contribution is -2.28. The standard InChI is InChI=1S/C16H15ClFNO/c1-11(13-4-8-15(18)9-5-13)19-16(20)10-12-2-6-14(17)7-3-12/h2-9,11H,10H2,1H3,(H,19,20)/t11-/m0/s1. The van der Waals surface area contributed by atoms with Gasteiger partial charge >= 0.3 is 0 Å². The van der Waals surface area contributed by atoms with Gasteiger partial charge in [-0.3, -0.25) is 4.79 Å². The number of carbonyl (C=O) groups excluding carboxylic acids is 1. The lowest BCUT2D eigenvalue weighted by Gasteiger charge is -2.14. The molecule has 0 heterocycles. The molecule has 1 atom stereocenters. The highest BCUT2D eigenvalue weighted by Crippen LogP contribution is 2.14. The molecule has 0 radical (unpaired) electrons. The van der Waals surface area contributed by atoms with Crippen LogP contribution in [-0.2, 0) is 11.2 Å². The van der Waals surface area contributed by atoms with Gasteiger partial charge in [0.2, 0.25) is 5.91 Å². The number of amides is 1. The van der Waals surface area contributed by atoms with Gasteiger partial charge in [0.25, 0.3) is 0 Å². The highest BCUT2D eigenvalue weighted by Gasteiger charge is 2.10. The van der Waals surface area contributed by atoms with Crippen LogP contribution in [0.3, 0.4) is 0 Å². The Morgan fingerprint density at radius 2 is 1.75 bits per heavy atom. The Labute approximate surface area is 122 Å². The van der Waals surface area contributed by atoms with E-state index < -0.39 is 0 Å². The number of rotatable bonds is 4. The molecule has 2 rings (SSSR count). The van der Waals surface area contributed by atoms with Gasteiger partial charge in [-0.15, -0.1) is 0 Å². The summed E-state index contributed by atoms with van der Waals surface area (Å²) in [6, 6.07) is 13.1. The van der Waals surface area contributed by atoms with Gasteiger partial charge in [0.1, 0.15) is 5.82 Å². The van der Waals surface area contributed by atoms with Crippen LogP contribution in [0.25, 0.3) is 0 Å². The molecule has 1 amide bonds. The summed E-state index contributed by atoms with van der Waals surface area (Å²) in [6.07, 6.45) is 0.294. The van der Waals surface area contributed by atoms with E-state index in [2.05, 4.69) is 5.32 Å². The number of benzene rings is 2. The second-order valence-corrected chi connectivity index (χ2v) is 5.08. The number of hydrogen-bond acceptors (Lipinski definition) is 1. The molecule has 1 N–H and O–H groups in total. The molecule has 0 unspecified atom stereocenters. The van der Waals surface area contributed by atoms with Gasteiger partial charge in [0, 0.05) is 5.02 Å². The topological polar surface area (TPSA) is 29.1 Å². The Bertz CT molecular complexity index is 580. The summed E-state index contributed by atoms with van der Waals surface area (Å²) in [5.74, 6) is -0.363. The van der Waals surface area contributed by atoms with Crippen molar-refractivity contribution in [2.45, 2.75) is 19.4 Å². The van der Waals surface area contributed by atoms with Crippen molar-refractivity contribution in [2.75, 3.05) is 0 Å². The van der Waals surface area contributed by atoms with E-state index in [9.17, 15) is 9.18 Å². The van der Waals surface area contributed by atoms with Crippen LogP contribution in [0.2, 0.25) is 5.02 Å². The lowest BCUT2D eigenvalue weighted by molar-refractivity contribution is -0.121. The molecular formula is C16H15ClFNO. The first kappa shape index (κ1) is 14.5. The largest absolute Gasteiger partial charge is 0.349 e. The predicted molar refractivity (Wildman–Crippen MR) is 78.1 cm³/mol. The van der Waals surface area contributed by atoms with Crippen LogP contribution in [0, 0.1) is 5.82 Å². The average Bonchev–Trinajstić information content (AvgIpc) is 2.42. The summed E-state index contributed by atoms with van der Waals surface area (Å²) in [4.78, 5) is 11.9. The molecule has 4 heteroatoms. The zero-order valence-corrected chi connectivity index (χ0v) is 11.8. The normalized spacial score (nSPS) is 11.9. The molecular weight excluding hydrogens is 277 g/mol. The van der Waals surface area contributed by atoms with Gasteiger partial charge in [0.05, 0.1) is 12.5 Å². The molecule has 104 valence electrons. The Morgan fingerprint density at radius 3 is 2.35 bits per heavy atom. The summed E-state index contributed by atoms with van der Waals surface area (Å²) < 4.78 is 12.8. The average molecular weight is 292 g/mol.